The maximum absolute atomic E-state index is 4.49. The molecule has 104 valence electrons. The van der Waals surface area contributed by atoms with E-state index in [1.165, 1.54) is 5.56 Å². The second kappa shape index (κ2) is 5.91. The third kappa shape index (κ3) is 3.16. The first-order valence-electron chi connectivity index (χ1n) is 6.94. The Morgan fingerprint density at radius 1 is 1.05 bits per heavy atom. The third-order valence-corrected chi connectivity index (χ3v) is 3.24. The molecule has 0 aliphatic heterocycles. The molecule has 19 heavy (non-hydrogen) atoms. The van der Waals surface area contributed by atoms with Crippen molar-refractivity contribution in [2.45, 2.75) is 53.8 Å². The molecule has 2 aromatic rings. The molecule has 0 fully saturated rings. The Kier molecular flexibility index (Phi) is 4.24. The monoisotopic (exact) mass is 261 g/mol. The topological polar surface area (TPSA) is 47.7 Å². The molecule has 0 unspecified atom stereocenters. The molecule has 2 aromatic heterocycles. The van der Waals surface area contributed by atoms with E-state index in [-0.39, 0.29) is 0 Å². The molecule has 2 heterocycles. The zero-order valence-corrected chi connectivity index (χ0v) is 12.3. The molecule has 0 aromatic carbocycles. The van der Waals surface area contributed by atoms with Gasteiger partial charge >= 0.3 is 0 Å². The minimum Gasteiger partial charge on any atom is -0.378 e. The first-order valence-corrected chi connectivity index (χ1v) is 6.94. The summed E-state index contributed by atoms with van der Waals surface area (Å²) < 4.78 is 3.97. The summed E-state index contributed by atoms with van der Waals surface area (Å²) >= 11 is 0. The van der Waals surface area contributed by atoms with Gasteiger partial charge in [-0.15, -0.1) is 0 Å². The smallest absolute Gasteiger partial charge is 0.0825 e. The first kappa shape index (κ1) is 13.6. The molecule has 1 N–H and O–H groups in total. The van der Waals surface area contributed by atoms with Crippen molar-refractivity contribution >= 4 is 5.69 Å². The van der Waals surface area contributed by atoms with Crippen molar-refractivity contribution in [3.8, 4) is 0 Å². The highest BCUT2D eigenvalue weighted by Crippen LogP contribution is 2.15. The van der Waals surface area contributed by atoms with Crippen LogP contribution in [0.3, 0.4) is 0 Å². The van der Waals surface area contributed by atoms with Gasteiger partial charge in [-0.2, -0.15) is 10.2 Å². The number of nitrogens with zero attached hydrogens (tertiary/aromatic N) is 4. The van der Waals surface area contributed by atoms with E-state index in [1.54, 1.807) is 0 Å². The molecule has 0 saturated heterocycles. The third-order valence-electron chi connectivity index (χ3n) is 3.24. The van der Waals surface area contributed by atoms with Crippen LogP contribution in [-0.2, 0) is 19.6 Å². The lowest BCUT2D eigenvalue weighted by molar-refractivity contribution is 0.598. The Bertz CT molecular complexity index is 538. The number of rotatable bonds is 6. The molecule has 5 nitrogen and oxygen atoms in total. The Morgan fingerprint density at radius 2 is 1.79 bits per heavy atom. The average Bonchev–Trinajstić information content (AvgIpc) is 2.91. The maximum Gasteiger partial charge on any atom is 0.0825 e. The SMILES string of the molecule is CCCn1cc(NCc2cn(CC)nc2C)c(C)n1. The fraction of sp³-hybridized carbons (Fsp3) is 0.571. The lowest BCUT2D eigenvalue weighted by atomic mass is 10.2. The Labute approximate surface area is 114 Å². The van der Waals surface area contributed by atoms with Crippen molar-refractivity contribution in [2.75, 3.05) is 5.32 Å². The number of aromatic nitrogens is 4. The van der Waals surface area contributed by atoms with Crippen LogP contribution >= 0.6 is 0 Å². The van der Waals surface area contributed by atoms with Crippen LogP contribution in [0.5, 0.6) is 0 Å². The quantitative estimate of drug-likeness (QED) is 0.869. The van der Waals surface area contributed by atoms with E-state index < -0.39 is 0 Å². The molecule has 0 atom stereocenters. The normalized spacial score (nSPS) is 10.9. The zero-order chi connectivity index (χ0) is 13.8. The van der Waals surface area contributed by atoms with E-state index in [9.17, 15) is 0 Å². The Morgan fingerprint density at radius 3 is 2.42 bits per heavy atom. The number of hydrogen-bond acceptors (Lipinski definition) is 3. The minimum atomic E-state index is 0.796. The van der Waals surface area contributed by atoms with Gasteiger partial charge < -0.3 is 5.32 Å². The summed E-state index contributed by atoms with van der Waals surface area (Å²) in [4.78, 5) is 0. The molecule has 0 bridgehead atoms. The molecule has 0 spiro atoms. The highest BCUT2D eigenvalue weighted by molar-refractivity contribution is 5.46. The lowest BCUT2D eigenvalue weighted by Gasteiger charge is -2.03. The minimum absolute atomic E-state index is 0.796. The van der Waals surface area contributed by atoms with Gasteiger partial charge in [0.05, 0.1) is 17.1 Å². The van der Waals surface area contributed by atoms with Crippen LogP contribution in [0, 0.1) is 13.8 Å². The van der Waals surface area contributed by atoms with Crippen LogP contribution in [0.25, 0.3) is 0 Å². The van der Waals surface area contributed by atoms with Gasteiger partial charge in [0.2, 0.25) is 0 Å². The van der Waals surface area contributed by atoms with Gasteiger partial charge in [0.1, 0.15) is 0 Å². The van der Waals surface area contributed by atoms with Gasteiger partial charge in [-0.25, -0.2) is 0 Å². The second-order valence-corrected chi connectivity index (χ2v) is 4.84. The van der Waals surface area contributed by atoms with E-state index in [4.69, 9.17) is 0 Å². The molecule has 5 heteroatoms. The van der Waals surface area contributed by atoms with Crippen molar-refractivity contribution in [1.82, 2.24) is 19.6 Å². The fourth-order valence-electron chi connectivity index (χ4n) is 2.12. The summed E-state index contributed by atoms with van der Waals surface area (Å²) in [5, 5.41) is 12.4. The van der Waals surface area contributed by atoms with Crippen molar-refractivity contribution in [1.29, 1.82) is 0 Å². The van der Waals surface area contributed by atoms with Crippen molar-refractivity contribution < 1.29 is 0 Å². The molecule has 0 saturated carbocycles. The van der Waals surface area contributed by atoms with Crippen LogP contribution in [0.4, 0.5) is 5.69 Å². The number of hydrogen-bond donors (Lipinski definition) is 1. The zero-order valence-electron chi connectivity index (χ0n) is 12.3. The van der Waals surface area contributed by atoms with Crippen molar-refractivity contribution in [2.24, 2.45) is 0 Å². The Hall–Kier alpha value is -1.78. The van der Waals surface area contributed by atoms with Gasteiger partial charge in [0, 0.05) is 37.6 Å². The van der Waals surface area contributed by atoms with Crippen LogP contribution in [0.2, 0.25) is 0 Å². The molecule has 2 rings (SSSR count). The summed E-state index contributed by atoms with van der Waals surface area (Å²) in [5.41, 5.74) is 4.49. The molecule has 0 aliphatic rings. The molecule has 0 amide bonds. The van der Waals surface area contributed by atoms with Gasteiger partial charge in [0.25, 0.3) is 0 Å². The Balaban J connectivity index is 2.03. The highest BCUT2D eigenvalue weighted by atomic mass is 15.3. The summed E-state index contributed by atoms with van der Waals surface area (Å²) in [7, 11) is 0. The van der Waals surface area contributed by atoms with Gasteiger partial charge in [-0.1, -0.05) is 6.92 Å². The molecular formula is C14H23N5. The standard InChI is InChI=1S/C14H23N5/c1-5-7-19-10-14(12(4)17-19)15-8-13-9-18(6-2)16-11(13)3/h9-10,15H,5-8H2,1-4H3. The molecular weight excluding hydrogens is 238 g/mol. The molecule has 0 aliphatic carbocycles. The van der Waals surface area contributed by atoms with Crippen LogP contribution in [0.1, 0.15) is 37.2 Å². The van der Waals surface area contributed by atoms with Crippen LogP contribution < -0.4 is 5.32 Å². The van der Waals surface area contributed by atoms with Gasteiger partial charge in [0.15, 0.2) is 0 Å². The highest BCUT2D eigenvalue weighted by Gasteiger charge is 2.07. The largest absolute Gasteiger partial charge is 0.378 e. The van der Waals surface area contributed by atoms with Gasteiger partial charge in [-0.05, 0) is 27.2 Å². The van der Waals surface area contributed by atoms with E-state index in [2.05, 4.69) is 48.7 Å². The lowest BCUT2D eigenvalue weighted by Crippen LogP contribution is -2.00. The van der Waals surface area contributed by atoms with E-state index in [0.29, 0.717) is 0 Å². The number of aryl methyl sites for hydroxylation is 4. The van der Waals surface area contributed by atoms with Crippen molar-refractivity contribution in [3.05, 3.63) is 29.3 Å². The summed E-state index contributed by atoms with van der Waals surface area (Å²) in [6.45, 7) is 11.0. The molecule has 0 radical (unpaired) electrons. The van der Waals surface area contributed by atoms with Crippen LogP contribution in [0.15, 0.2) is 12.4 Å². The summed E-state index contributed by atoms with van der Waals surface area (Å²) in [5.74, 6) is 0. The first-order chi connectivity index (χ1) is 9.13. The average molecular weight is 261 g/mol. The predicted octanol–water partition coefficient (Wildman–Crippen LogP) is 2.74. The van der Waals surface area contributed by atoms with Gasteiger partial charge in [-0.3, -0.25) is 9.36 Å². The second-order valence-electron chi connectivity index (χ2n) is 4.84. The number of anilines is 1. The predicted molar refractivity (Wildman–Crippen MR) is 77.2 cm³/mol. The fourth-order valence-corrected chi connectivity index (χ4v) is 2.12. The van der Waals surface area contributed by atoms with Crippen molar-refractivity contribution in [3.63, 3.8) is 0 Å². The maximum atomic E-state index is 4.49. The van der Waals surface area contributed by atoms with E-state index in [0.717, 1.165) is 43.1 Å². The summed E-state index contributed by atoms with van der Waals surface area (Å²) in [6.07, 6.45) is 5.29. The van der Waals surface area contributed by atoms with Crippen LogP contribution in [-0.4, -0.2) is 19.6 Å². The number of nitrogens with one attached hydrogen (secondary N) is 1. The van der Waals surface area contributed by atoms with E-state index >= 15 is 0 Å². The van der Waals surface area contributed by atoms with E-state index in [1.807, 2.05) is 16.3 Å². The summed E-state index contributed by atoms with van der Waals surface area (Å²) in [6, 6.07) is 0.